The van der Waals surface area contributed by atoms with Crippen LogP contribution in [0.1, 0.15) is 13.8 Å². The lowest BCUT2D eigenvalue weighted by Crippen LogP contribution is -2.37. The molecule has 0 aliphatic rings. The number of nitrogens with one attached hydrogen (secondary N) is 2. The van der Waals surface area contributed by atoms with Crippen LogP contribution in [0.5, 0.6) is 0 Å². The van der Waals surface area contributed by atoms with Crippen LogP contribution < -0.4 is 10.6 Å². The normalized spacial score (nSPS) is 9.85. The maximum Gasteiger partial charge on any atom is 0.246 e. The largest absolute Gasteiger partial charge is 0.369 e. The first-order chi connectivity index (χ1) is 6.06. The Bertz CT molecular complexity index is 180. The highest BCUT2D eigenvalue weighted by atomic mass is 16.5. The second-order valence-corrected chi connectivity index (χ2v) is 2.81. The van der Waals surface area contributed by atoms with Crippen molar-refractivity contribution in [2.24, 2.45) is 0 Å². The van der Waals surface area contributed by atoms with E-state index < -0.39 is 0 Å². The Morgan fingerprint density at radius 3 is 2.38 bits per heavy atom. The van der Waals surface area contributed by atoms with Crippen LogP contribution in [-0.4, -0.2) is 38.1 Å². The Morgan fingerprint density at radius 1 is 1.31 bits per heavy atom. The van der Waals surface area contributed by atoms with Crippen LogP contribution in [0.4, 0.5) is 0 Å². The summed E-state index contributed by atoms with van der Waals surface area (Å²) >= 11 is 0. The third-order valence-corrected chi connectivity index (χ3v) is 1.27. The molecule has 0 saturated heterocycles. The predicted molar refractivity (Wildman–Crippen MR) is 48.2 cm³/mol. The fourth-order valence-corrected chi connectivity index (χ4v) is 0.561. The zero-order chi connectivity index (χ0) is 10.3. The molecule has 2 amide bonds. The van der Waals surface area contributed by atoms with Crippen molar-refractivity contribution in [2.45, 2.75) is 20.0 Å². The van der Waals surface area contributed by atoms with Crippen molar-refractivity contribution in [3.63, 3.8) is 0 Å². The summed E-state index contributed by atoms with van der Waals surface area (Å²) in [5, 5.41) is 4.80. The smallest absolute Gasteiger partial charge is 0.246 e. The van der Waals surface area contributed by atoms with E-state index in [0.29, 0.717) is 0 Å². The van der Waals surface area contributed by atoms with Gasteiger partial charge < -0.3 is 15.4 Å². The number of amides is 2. The molecule has 0 aromatic rings. The molecule has 5 nitrogen and oxygen atoms in total. The van der Waals surface area contributed by atoms with Crippen LogP contribution in [0, 0.1) is 0 Å². The van der Waals surface area contributed by atoms with Crippen LogP contribution in [0.15, 0.2) is 0 Å². The lowest BCUT2D eigenvalue weighted by Gasteiger charge is -2.07. The third-order valence-electron chi connectivity index (χ3n) is 1.27. The van der Waals surface area contributed by atoms with Gasteiger partial charge in [0.15, 0.2) is 0 Å². The lowest BCUT2D eigenvalue weighted by molar-refractivity contribution is -0.129. The van der Waals surface area contributed by atoms with Gasteiger partial charge in [-0.15, -0.1) is 0 Å². The van der Waals surface area contributed by atoms with E-state index in [2.05, 4.69) is 10.6 Å². The number of rotatable bonds is 5. The predicted octanol–water partition coefficient (Wildman–Crippen LogP) is -0.726. The molecule has 0 atom stereocenters. The van der Waals surface area contributed by atoms with Crippen molar-refractivity contribution in [2.75, 3.05) is 20.2 Å². The molecule has 0 spiro atoms. The number of hydrogen-bond acceptors (Lipinski definition) is 3. The molecule has 0 aromatic carbocycles. The second kappa shape index (κ2) is 6.42. The summed E-state index contributed by atoms with van der Waals surface area (Å²) in [5.74, 6) is -0.504. The van der Waals surface area contributed by atoms with E-state index in [4.69, 9.17) is 4.74 Å². The van der Waals surface area contributed by atoms with Crippen molar-refractivity contribution in [3.8, 4) is 0 Å². The number of hydrogen-bond donors (Lipinski definition) is 2. The van der Waals surface area contributed by atoms with E-state index >= 15 is 0 Å². The summed E-state index contributed by atoms with van der Waals surface area (Å²) in [4.78, 5) is 21.6. The summed E-state index contributed by atoms with van der Waals surface area (Å²) < 4.78 is 5.03. The highest BCUT2D eigenvalue weighted by Gasteiger charge is 2.04. The molecule has 0 rings (SSSR count). The van der Waals surface area contributed by atoms with Crippen LogP contribution >= 0.6 is 0 Å². The summed E-state index contributed by atoms with van der Waals surface area (Å²) in [7, 11) is 1.51. The molecule has 5 heteroatoms. The maximum absolute atomic E-state index is 11.0. The SMILES string of the molecule is CNC(=O)CNC(=O)COC(C)C. The van der Waals surface area contributed by atoms with Gasteiger partial charge in [-0.25, -0.2) is 0 Å². The van der Waals surface area contributed by atoms with Crippen molar-refractivity contribution >= 4 is 11.8 Å². The molecule has 76 valence electrons. The van der Waals surface area contributed by atoms with Crippen molar-refractivity contribution in [1.82, 2.24) is 10.6 Å². The van der Waals surface area contributed by atoms with Crippen molar-refractivity contribution in [1.29, 1.82) is 0 Å². The van der Waals surface area contributed by atoms with Crippen LogP contribution in [-0.2, 0) is 14.3 Å². The minimum Gasteiger partial charge on any atom is -0.369 e. The molecule has 0 bridgehead atoms. The van der Waals surface area contributed by atoms with E-state index in [0.717, 1.165) is 0 Å². The number of ether oxygens (including phenoxy) is 1. The van der Waals surface area contributed by atoms with Crippen molar-refractivity contribution < 1.29 is 14.3 Å². The fourth-order valence-electron chi connectivity index (χ4n) is 0.561. The number of carbonyl (C=O) groups is 2. The van der Waals surface area contributed by atoms with Gasteiger partial charge in [-0.05, 0) is 13.8 Å². The third kappa shape index (κ3) is 7.27. The van der Waals surface area contributed by atoms with Gasteiger partial charge in [-0.2, -0.15) is 0 Å². The van der Waals surface area contributed by atoms with E-state index in [1.165, 1.54) is 7.05 Å². The van der Waals surface area contributed by atoms with Crippen molar-refractivity contribution in [3.05, 3.63) is 0 Å². The van der Waals surface area contributed by atoms with Crippen LogP contribution in [0.25, 0.3) is 0 Å². The van der Waals surface area contributed by atoms with Crippen LogP contribution in [0.2, 0.25) is 0 Å². The molecule has 0 radical (unpaired) electrons. The molecule has 0 fully saturated rings. The zero-order valence-electron chi connectivity index (χ0n) is 8.22. The van der Waals surface area contributed by atoms with Gasteiger partial charge >= 0.3 is 0 Å². The highest BCUT2D eigenvalue weighted by Crippen LogP contribution is 1.85. The topological polar surface area (TPSA) is 67.4 Å². The molecular weight excluding hydrogens is 172 g/mol. The summed E-state index contributed by atoms with van der Waals surface area (Å²) in [5.41, 5.74) is 0. The highest BCUT2D eigenvalue weighted by molar-refractivity contribution is 5.84. The van der Waals surface area contributed by atoms with Gasteiger partial charge in [0.2, 0.25) is 11.8 Å². The molecule has 2 N–H and O–H groups in total. The van der Waals surface area contributed by atoms with Gasteiger partial charge in [-0.1, -0.05) is 0 Å². The Labute approximate surface area is 77.8 Å². The summed E-state index contributed by atoms with van der Waals surface area (Å²) in [6.07, 6.45) is 0.0192. The standard InChI is InChI=1S/C8H16N2O3/c1-6(2)13-5-8(12)10-4-7(11)9-3/h6H,4-5H2,1-3H3,(H,9,11)(H,10,12). The summed E-state index contributed by atoms with van der Waals surface area (Å²) in [6, 6.07) is 0. The molecule has 13 heavy (non-hydrogen) atoms. The quantitative estimate of drug-likeness (QED) is 0.598. The van der Waals surface area contributed by atoms with E-state index in [-0.39, 0.29) is 31.1 Å². The van der Waals surface area contributed by atoms with E-state index in [9.17, 15) is 9.59 Å². The average Bonchev–Trinajstić information content (AvgIpc) is 2.10. The van der Waals surface area contributed by atoms with E-state index in [1.54, 1.807) is 0 Å². The molecule has 0 saturated carbocycles. The lowest BCUT2D eigenvalue weighted by atomic mass is 10.5. The van der Waals surface area contributed by atoms with Gasteiger partial charge in [0.05, 0.1) is 12.6 Å². The maximum atomic E-state index is 11.0. The summed E-state index contributed by atoms with van der Waals surface area (Å²) in [6.45, 7) is 3.67. The first kappa shape index (κ1) is 11.9. The Hall–Kier alpha value is -1.10. The molecular formula is C8H16N2O3. The Balaban J connectivity index is 3.46. The number of carbonyl (C=O) groups excluding carboxylic acids is 2. The molecule has 0 aliphatic heterocycles. The zero-order valence-corrected chi connectivity index (χ0v) is 8.22. The second-order valence-electron chi connectivity index (χ2n) is 2.81. The molecule has 0 aliphatic carbocycles. The van der Waals surface area contributed by atoms with Gasteiger partial charge in [0.1, 0.15) is 6.61 Å². The fraction of sp³-hybridized carbons (Fsp3) is 0.750. The van der Waals surface area contributed by atoms with Crippen LogP contribution in [0.3, 0.4) is 0 Å². The Morgan fingerprint density at radius 2 is 1.92 bits per heavy atom. The van der Waals surface area contributed by atoms with Gasteiger partial charge in [-0.3, -0.25) is 9.59 Å². The van der Waals surface area contributed by atoms with E-state index in [1.807, 2.05) is 13.8 Å². The van der Waals surface area contributed by atoms with Gasteiger partial charge in [0.25, 0.3) is 0 Å². The molecule has 0 heterocycles. The minimum atomic E-state index is -0.280. The first-order valence-electron chi connectivity index (χ1n) is 4.15. The molecule has 0 unspecified atom stereocenters. The average molecular weight is 188 g/mol. The van der Waals surface area contributed by atoms with Gasteiger partial charge in [0, 0.05) is 7.05 Å². The monoisotopic (exact) mass is 188 g/mol. The molecule has 0 aromatic heterocycles. The number of likely N-dealkylation sites (N-methyl/N-ethyl adjacent to an activating group) is 1. The minimum absolute atomic E-state index is 0.00319. The first-order valence-corrected chi connectivity index (χ1v) is 4.15. The Kier molecular flexibility index (Phi) is 5.88.